The molecule has 0 radical (unpaired) electrons. The number of hydrogen-bond donors (Lipinski definition) is 3. The smallest absolute Gasteiger partial charge is 0.233 e. The van der Waals surface area contributed by atoms with Crippen LogP contribution in [-0.4, -0.2) is 35.9 Å². The Morgan fingerprint density at radius 2 is 2.35 bits per heavy atom. The molecule has 6 heteroatoms. The number of rotatable bonds is 6. The summed E-state index contributed by atoms with van der Waals surface area (Å²) < 4.78 is 0. The van der Waals surface area contributed by atoms with Gasteiger partial charge in [-0.3, -0.25) is 20.5 Å². The van der Waals surface area contributed by atoms with Gasteiger partial charge in [0.1, 0.15) is 0 Å². The number of carbonyl (C=O) groups excluding carboxylic acids is 1. The number of nitrogens with one attached hydrogen (secondary N) is 2. The molecular formula is C11H19N5O. The summed E-state index contributed by atoms with van der Waals surface area (Å²) in [6, 6.07) is 3.66. The van der Waals surface area contributed by atoms with E-state index in [1.807, 2.05) is 17.9 Å². The van der Waals surface area contributed by atoms with Crippen molar-refractivity contribution in [3.63, 3.8) is 0 Å². The van der Waals surface area contributed by atoms with E-state index >= 15 is 0 Å². The summed E-state index contributed by atoms with van der Waals surface area (Å²) in [7, 11) is 1.63. The monoisotopic (exact) mass is 237 g/mol. The van der Waals surface area contributed by atoms with Gasteiger partial charge in [0.15, 0.2) is 0 Å². The highest BCUT2D eigenvalue weighted by atomic mass is 16.1. The van der Waals surface area contributed by atoms with Crippen molar-refractivity contribution in [2.45, 2.75) is 13.5 Å². The molecule has 17 heavy (non-hydrogen) atoms. The number of aromatic nitrogens is 1. The van der Waals surface area contributed by atoms with E-state index in [4.69, 9.17) is 5.84 Å². The summed E-state index contributed by atoms with van der Waals surface area (Å²) in [5.41, 5.74) is 4.26. The third-order valence-electron chi connectivity index (χ3n) is 2.46. The zero-order valence-electron chi connectivity index (χ0n) is 10.2. The van der Waals surface area contributed by atoms with E-state index in [2.05, 4.69) is 15.7 Å². The van der Waals surface area contributed by atoms with Crippen LogP contribution >= 0.6 is 0 Å². The fourth-order valence-corrected chi connectivity index (χ4v) is 1.45. The highest BCUT2D eigenvalue weighted by molar-refractivity contribution is 5.77. The van der Waals surface area contributed by atoms with Gasteiger partial charge in [-0.05, 0) is 18.7 Å². The maximum absolute atomic E-state index is 11.3. The first-order chi connectivity index (χ1) is 8.19. The van der Waals surface area contributed by atoms with Crippen LogP contribution in [0.25, 0.3) is 0 Å². The Bertz CT molecular complexity index is 369. The third kappa shape index (κ3) is 4.38. The molecule has 0 saturated heterocycles. The SMILES string of the molecule is CCN(CC(=O)NC)Cc1cc(NN)ccn1. The second-order valence-electron chi connectivity index (χ2n) is 3.66. The van der Waals surface area contributed by atoms with E-state index in [1.54, 1.807) is 19.3 Å². The largest absolute Gasteiger partial charge is 0.358 e. The molecule has 1 heterocycles. The Hall–Kier alpha value is -1.66. The van der Waals surface area contributed by atoms with Crippen LogP contribution in [0.5, 0.6) is 0 Å². The zero-order chi connectivity index (χ0) is 12.7. The minimum absolute atomic E-state index is 0.0000422. The summed E-state index contributed by atoms with van der Waals surface area (Å²) in [6.45, 7) is 3.79. The van der Waals surface area contributed by atoms with Crippen LogP contribution in [0.3, 0.4) is 0 Å². The fourth-order valence-electron chi connectivity index (χ4n) is 1.45. The van der Waals surface area contributed by atoms with Gasteiger partial charge >= 0.3 is 0 Å². The van der Waals surface area contributed by atoms with E-state index in [0.717, 1.165) is 17.9 Å². The number of amides is 1. The van der Waals surface area contributed by atoms with Gasteiger partial charge in [0.2, 0.25) is 5.91 Å². The van der Waals surface area contributed by atoms with Crippen LogP contribution in [0, 0.1) is 0 Å². The molecule has 0 aliphatic heterocycles. The van der Waals surface area contributed by atoms with Gasteiger partial charge in [-0.1, -0.05) is 6.92 Å². The summed E-state index contributed by atoms with van der Waals surface area (Å²) in [5.74, 6) is 5.33. The predicted octanol–water partition coefficient (Wildman–Crippen LogP) is -0.0649. The first kappa shape index (κ1) is 13.4. The van der Waals surface area contributed by atoms with E-state index in [-0.39, 0.29) is 5.91 Å². The molecule has 0 bridgehead atoms. The topological polar surface area (TPSA) is 83.3 Å². The van der Waals surface area contributed by atoms with Gasteiger partial charge < -0.3 is 10.7 Å². The fraction of sp³-hybridized carbons (Fsp3) is 0.455. The lowest BCUT2D eigenvalue weighted by atomic mass is 10.3. The van der Waals surface area contributed by atoms with Gasteiger partial charge in [0.25, 0.3) is 0 Å². The van der Waals surface area contributed by atoms with Crippen molar-refractivity contribution >= 4 is 11.6 Å². The second-order valence-corrected chi connectivity index (χ2v) is 3.66. The highest BCUT2D eigenvalue weighted by Gasteiger charge is 2.09. The van der Waals surface area contributed by atoms with Crippen LogP contribution in [0.15, 0.2) is 18.3 Å². The molecule has 94 valence electrons. The number of nitrogen functional groups attached to an aromatic ring is 1. The van der Waals surface area contributed by atoms with Crippen LogP contribution in [0.4, 0.5) is 5.69 Å². The number of pyridine rings is 1. The lowest BCUT2D eigenvalue weighted by molar-refractivity contribution is -0.121. The Balaban J connectivity index is 2.63. The summed E-state index contributed by atoms with van der Waals surface area (Å²) in [4.78, 5) is 17.5. The van der Waals surface area contributed by atoms with Crippen molar-refractivity contribution in [1.29, 1.82) is 0 Å². The quantitative estimate of drug-likeness (QED) is 0.477. The number of hydrogen-bond acceptors (Lipinski definition) is 5. The standard InChI is InChI=1S/C11H19N5O/c1-3-16(8-11(17)13-2)7-10-6-9(15-12)4-5-14-10/h4-6H,3,7-8,12H2,1-2H3,(H,13,17)(H,14,15). The maximum Gasteiger partial charge on any atom is 0.233 e. The summed E-state index contributed by atoms with van der Waals surface area (Å²) >= 11 is 0. The number of anilines is 1. The molecule has 0 unspecified atom stereocenters. The summed E-state index contributed by atoms with van der Waals surface area (Å²) in [6.07, 6.45) is 1.69. The van der Waals surface area contributed by atoms with Crippen LogP contribution in [-0.2, 0) is 11.3 Å². The number of hydrazine groups is 1. The van der Waals surface area contributed by atoms with Crippen molar-refractivity contribution in [3.8, 4) is 0 Å². The molecule has 1 rings (SSSR count). The van der Waals surface area contributed by atoms with Crippen LogP contribution in [0.2, 0.25) is 0 Å². The van der Waals surface area contributed by atoms with Crippen molar-refractivity contribution in [2.75, 3.05) is 25.6 Å². The Labute approximate surface area is 101 Å². The molecule has 0 spiro atoms. The molecule has 1 amide bonds. The van der Waals surface area contributed by atoms with Gasteiger partial charge in [0, 0.05) is 19.8 Å². The van der Waals surface area contributed by atoms with Crippen LogP contribution < -0.4 is 16.6 Å². The molecule has 6 nitrogen and oxygen atoms in total. The molecule has 0 fully saturated rings. The highest BCUT2D eigenvalue weighted by Crippen LogP contribution is 2.08. The molecule has 4 N–H and O–H groups in total. The summed E-state index contributed by atoms with van der Waals surface area (Å²) in [5, 5.41) is 2.60. The average molecular weight is 237 g/mol. The molecule has 1 aromatic rings. The Kier molecular flexibility index (Phi) is 5.38. The van der Waals surface area contributed by atoms with Crippen molar-refractivity contribution in [2.24, 2.45) is 5.84 Å². The van der Waals surface area contributed by atoms with E-state index in [0.29, 0.717) is 13.1 Å². The second kappa shape index (κ2) is 6.82. The third-order valence-corrected chi connectivity index (χ3v) is 2.46. The first-order valence-corrected chi connectivity index (χ1v) is 5.54. The molecule has 1 aromatic heterocycles. The van der Waals surface area contributed by atoms with E-state index < -0.39 is 0 Å². The van der Waals surface area contributed by atoms with Gasteiger partial charge in [-0.2, -0.15) is 0 Å². The number of likely N-dealkylation sites (N-methyl/N-ethyl adjacent to an activating group) is 2. The lowest BCUT2D eigenvalue weighted by Crippen LogP contribution is -2.35. The van der Waals surface area contributed by atoms with Crippen molar-refractivity contribution < 1.29 is 4.79 Å². The van der Waals surface area contributed by atoms with Gasteiger partial charge in [0.05, 0.1) is 17.9 Å². The lowest BCUT2D eigenvalue weighted by Gasteiger charge is -2.19. The molecule has 0 atom stereocenters. The molecule has 0 aromatic carbocycles. The number of nitrogens with two attached hydrogens (primary N) is 1. The predicted molar refractivity (Wildman–Crippen MR) is 67.1 cm³/mol. The maximum atomic E-state index is 11.3. The zero-order valence-corrected chi connectivity index (χ0v) is 10.2. The van der Waals surface area contributed by atoms with Crippen molar-refractivity contribution in [1.82, 2.24) is 15.2 Å². The molecule has 0 aliphatic rings. The van der Waals surface area contributed by atoms with Crippen LogP contribution in [0.1, 0.15) is 12.6 Å². The molecule has 0 aliphatic carbocycles. The minimum atomic E-state index is -0.0000422. The van der Waals surface area contributed by atoms with E-state index in [1.165, 1.54) is 0 Å². The Morgan fingerprint density at radius 3 is 2.94 bits per heavy atom. The molecule has 0 saturated carbocycles. The van der Waals surface area contributed by atoms with Gasteiger partial charge in [-0.15, -0.1) is 0 Å². The Morgan fingerprint density at radius 1 is 1.59 bits per heavy atom. The number of carbonyl (C=O) groups is 1. The average Bonchev–Trinajstić information content (AvgIpc) is 2.37. The number of nitrogens with zero attached hydrogens (tertiary/aromatic N) is 2. The molecular weight excluding hydrogens is 218 g/mol. The van der Waals surface area contributed by atoms with Gasteiger partial charge in [-0.25, -0.2) is 0 Å². The minimum Gasteiger partial charge on any atom is -0.358 e. The first-order valence-electron chi connectivity index (χ1n) is 5.54. The normalized spacial score (nSPS) is 10.4. The van der Waals surface area contributed by atoms with E-state index in [9.17, 15) is 4.79 Å². The van der Waals surface area contributed by atoms with Crippen molar-refractivity contribution in [3.05, 3.63) is 24.0 Å².